The maximum Gasteiger partial charge on any atom is 0.330 e. The van der Waals surface area contributed by atoms with Crippen molar-refractivity contribution in [1.82, 2.24) is 9.55 Å². The summed E-state index contributed by atoms with van der Waals surface area (Å²) in [5.74, 6) is 4.52. The van der Waals surface area contributed by atoms with Crippen molar-refractivity contribution in [2.24, 2.45) is 5.90 Å². The van der Waals surface area contributed by atoms with Gasteiger partial charge in [0.2, 0.25) is 0 Å². The molecule has 1 unspecified atom stereocenters. The molecule has 2 aliphatic heterocycles. The number of aliphatic hydroxyl groups is 1. The van der Waals surface area contributed by atoms with Gasteiger partial charge in [0, 0.05) is 24.6 Å². The number of aromatic amines is 1. The van der Waals surface area contributed by atoms with Crippen LogP contribution in [0.15, 0.2) is 15.8 Å². The zero-order valence-electron chi connectivity index (χ0n) is 15.2. The quantitative estimate of drug-likeness (QED) is 0.588. The fraction of sp³-hybridized carbons (Fsp3) is 0.765. The molecular formula is C17H25N3O7. The average molecular weight is 383 g/mol. The maximum atomic E-state index is 12.4. The Balaban J connectivity index is 1.76. The summed E-state index contributed by atoms with van der Waals surface area (Å²) in [6.45, 7) is 1.05. The van der Waals surface area contributed by atoms with Gasteiger partial charge < -0.3 is 24.2 Å². The lowest BCUT2D eigenvalue weighted by atomic mass is 9.94. The molecule has 10 nitrogen and oxygen atoms in total. The topological polar surface area (TPSA) is 138 Å². The molecule has 1 aliphatic carbocycles. The van der Waals surface area contributed by atoms with Gasteiger partial charge in [-0.05, 0) is 19.8 Å². The van der Waals surface area contributed by atoms with Gasteiger partial charge in [-0.1, -0.05) is 6.42 Å². The Kier molecular flexibility index (Phi) is 4.73. The lowest BCUT2D eigenvalue weighted by Gasteiger charge is -2.37. The van der Waals surface area contributed by atoms with Crippen LogP contribution in [0.4, 0.5) is 0 Å². The minimum atomic E-state index is -1.27. The van der Waals surface area contributed by atoms with E-state index in [9.17, 15) is 14.7 Å². The molecular weight excluding hydrogens is 358 g/mol. The monoisotopic (exact) mass is 383 g/mol. The standard InChI is InChI=1S/C17H25N3O7/c1-10-7-20(15(23)19-13(10)22)14-11-12(16(8-21,27-14)9-24-18)26-17(25-11)5-3-2-4-6-17/h7,11-12,14,21H,2-6,8-9,18H2,1H3,(H,19,22,23)/t11-,12?,14+,16-/m0/s1. The summed E-state index contributed by atoms with van der Waals surface area (Å²) < 4.78 is 19.9. The Hall–Kier alpha value is -1.56. The third-order valence-corrected chi connectivity index (χ3v) is 5.78. The molecule has 0 bridgehead atoms. The van der Waals surface area contributed by atoms with E-state index in [1.54, 1.807) is 6.92 Å². The highest BCUT2D eigenvalue weighted by Crippen LogP contribution is 2.51. The fourth-order valence-corrected chi connectivity index (χ4v) is 4.37. The number of hydrogen-bond donors (Lipinski definition) is 3. The van der Waals surface area contributed by atoms with E-state index >= 15 is 0 Å². The van der Waals surface area contributed by atoms with Gasteiger partial charge in [-0.15, -0.1) is 0 Å². The molecule has 4 rings (SSSR count). The summed E-state index contributed by atoms with van der Waals surface area (Å²) in [6.07, 6.45) is 3.76. The van der Waals surface area contributed by atoms with Crippen LogP contribution in [0.25, 0.3) is 0 Å². The van der Waals surface area contributed by atoms with Crippen LogP contribution in [-0.2, 0) is 19.0 Å². The van der Waals surface area contributed by atoms with Crippen LogP contribution in [0.1, 0.15) is 43.9 Å². The second kappa shape index (κ2) is 6.80. The van der Waals surface area contributed by atoms with Crippen molar-refractivity contribution in [3.8, 4) is 0 Å². The van der Waals surface area contributed by atoms with Crippen LogP contribution in [0.5, 0.6) is 0 Å². The van der Waals surface area contributed by atoms with E-state index in [4.69, 9.17) is 24.9 Å². The van der Waals surface area contributed by atoms with Gasteiger partial charge in [-0.3, -0.25) is 14.3 Å². The summed E-state index contributed by atoms with van der Waals surface area (Å²) in [6, 6.07) is 0. The normalized spacial score (nSPS) is 34.9. The highest BCUT2D eigenvalue weighted by atomic mass is 16.8. The molecule has 0 radical (unpaired) electrons. The summed E-state index contributed by atoms with van der Waals surface area (Å²) >= 11 is 0. The number of aryl methyl sites for hydroxylation is 1. The molecule has 4 atom stereocenters. The van der Waals surface area contributed by atoms with Crippen molar-refractivity contribution in [2.75, 3.05) is 13.2 Å². The van der Waals surface area contributed by atoms with Crippen molar-refractivity contribution < 1.29 is 24.2 Å². The van der Waals surface area contributed by atoms with E-state index in [0.29, 0.717) is 5.56 Å². The summed E-state index contributed by atoms with van der Waals surface area (Å²) in [5, 5.41) is 10.1. The zero-order chi connectivity index (χ0) is 19.2. The van der Waals surface area contributed by atoms with E-state index in [0.717, 1.165) is 32.1 Å². The van der Waals surface area contributed by atoms with Gasteiger partial charge in [-0.25, -0.2) is 10.7 Å². The Labute approximate surface area is 155 Å². The molecule has 27 heavy (non-hydrogen) atoms. The molecule has 1 saturated carbocycles. The van der Waals surface area contributed by atoms with Crippen LogP contribution in [0.2, 0.25) is 0 Å². The zero-order valence-corrected chi connectivity index (χ0v) is 15.2. The van der Waals surface area contributed by atoms with E-state index in [2.05, 4.69) is 4.98 Å². The van der Waals surface area contributed by atoms with E-state index < -0.39 is 47.7 Å². The van der Waals surface area contributed by atoms with Crippen molar-refractivity contribution in [2.45, 2.75) is 68.9 Å². The second-order valence-corrected chi connectivity index (χ2v) is 7.61. The summed E-state index contributed by atoms with van der Waals surface area (Å²) in [5.41, 5.74) is -1.99. The van der Waals surface area contributed by atoms with Crippen LogP contribution < -0.4 is 17.1 Å². The van der Waals surface area contributed by atoms with Crippen molar-refractivity contribution >= 4 is 0 Å². The van der Waals surface area contributed by atoms with Crippen molar-refractivity contribution in [3.63, 3.8) is 0 Å². The lowest BCUT2D eigenvalue weighted by Crippen LogP contribution is -2.51. The van der Waals surface area contributed by atoms with E-state index in [1.165, 1.54) is 10.8 Å². The van der Waals surface area contributed by atoms with Gasteiger partial charge in [0.05, 0.1) is 6.61 Å². The van der Waals surface area contributed by atoms with Gasteiger partial charge in [-0.2, -0.15) is 0 Å². The fourth-order valence-electron chi connectivity index (χ4n) is 4.37. The third kappa shape index (κ3) is 2.96. The SMILES string of the molecule is Cc1cn([C@@H]2O[C@@](CO)(CON)C3OC4(CCCCC4)O[C@@H]32)c(=O)[nH]c1=O. The van der Waals surface area contributed by atoms with Crippen LogP contribution in [0, 0.1) is 6.92 Å². The van der Waals surface area contributed by atoms with Crippen molar-refractivity contribution in [1.29, 1.82) is 0 Å². The number of aromatic nitrogens is 2. The second-order valence-electron chi connectivity index (χ2n) is 7.61. The Morgan fingerprint density at radius 2 is 2.04 bits per heavy atom. The third-order valence-electron chi connectivity index (χ3n) is 5.78. The molecule has 0 amide bonds. The van der Waals surface area contributed by atoms with Gasteiger partial charge in [0.25, 0.3) is 5.56 Å². The van der Waals surface area contributed by atoms with E-state index in [-0.39, 0.29) is 6.61 Å². The minimum absolute atomic E-state index is 0.127. The molecule has 1 spiro atoms. The Morgan fingerprint density at radius 3 is 2.70 bits per heavy atom. The number of hydrogen-bond acceptors (Lipinski definition) is 8. The number of ether oxygens (including phenoxy) is 3. The number of fused-ring (bicyclic) bond motifs is 1. The number of rotatable bonds is 4. The first-order chi connectivity index (χ1) is 12.9. The first-order valence-corrected chi connectivity index (χ1v) is 9.22. The molecule has 0 aromatic carbocycles. The molecule has 4 N–H and O–H groups in total. The van der Waals surface area contributed by atoms with Crippen LogP contribution in [-0.4, -0.2) is 51.5 Å². The van der Waals surface area contributed by atoms with E-state index in [1.807, 2.05) is 0 Å². The number of aliphatic hydroxyl groups excluding tert-OH is 1. The van der Waals surface area contributed by atoms with Gasteiger partial charge in [0.15, 0.2) is 12.0 Å². The number of nitrogens with one attached hydrogen (secondary N) is 1. The highest BCUT2D eigenvalue weighted by molar-refractivity contribution is 5.10. The molecule has 1 aromatic rings. The Morgan fingerprint density at radius 1 is 1.30 bits per heavy atom. The number of H-pyrrole nitrogens is 1. The number of nitrogens with zero attached hydrogens (tertiary/aromatic N) is 1. The lowest BCUT2D eigenvalue weighted by molar-refractivity contribution is -0.260. The molecule has 3 aliphatic rings. The largest absolute Gasteiger partial charge is 0.393 e. The summed E-state index contributed by atoms with van der Waals surface area (Å²) in [7, 11) is 0. The van der Waals surface area contributed by atoms with Crippen LogP contribution >= 0.6 is 0 Å². The molecule has 2 saturated heterocycles. The molecule has 10 heteroatoms. The first kappa shape index (κ1) is 18.8. The van der Waals surface area contributed by atoms with Gasteiger partial charge in [0.1, 0.15) is 24.4 Å². The Bertz CT molecular complexity index is 815. The minimum Gasteiger partial charge on any atom is -0.393 e. The first-order valence-electron chi connectivity index (χ1n) is 9.22. The average Bonchev–Trinajstić information content (AvgIpc) is 3.14. The van der Waals surface area contributed by atoms with Gasteiger partial charge >= 0.3 is 5.69 Å². The summed E-state index contributed by atoms with van der Waals surface area (Å²) in [4.78, 5) is 31.2. The molecule has 150 valence electrons. The molecule has 1 aromatic heterocycles. The number of nitrogens with two attached hydrogens (primary N) is 1. The predicted molar refractivity (Wildman–Crippen MR) is 91.7 cm³/mol. The molecule has 3 fully saturated rings. The smallest absolute Gasteiger partial charge is 0.330 e. The molecule has 3 heterocycles. The maximum absolute atomic E-state index is 12.4. The van der Waals surface area contributed by atoms with Crippen LogP contribution in [0.3, 0.4) is 0 Å². The van der Waals surface area contributed by atoms with Crippen molar-refractivity contribution in [3.05, 3.63) is 32.6 Å². The predicted octanol–water partition coefficient (Wildman–Crippen LogP) is -0.560. The highest BCUT2D eigenvalue weighted by Gasteiger charge is 2.65.